The number of carbonyl (C=O) groups excluding carboxylic acids is 5. The maximum Gasteiger partial charge on any atom is 0.305 e. The Kier molecular flexibility index (Phi) is 12.3. The van der Waals surface area contributed by atoms with Gasteiger partial charge >= 0.3 is 11.9 Å². The third-order valence-electron chi connectivity index (χ3n) is 4.29. The predicted molar refractivity (Wildman–Crippen MR) is 109 cm³/mol. The summed E-state index contributed by atoms with van der Waals surface area (Å²) in [4.78, 5) is 81.8. The van der Waals surface area contributed by atoms with Gasteiger partial charge in [-0.05, 0) is 12.8 Å². The van der Waals surface area contributed by atoms with E-state index in [1.807, 2.05) is 0 Å². The lowest BCUT2D eigenvalue weighted by molar-refractivity contribution is -0.142. The molecule has 4 atom stereocenters. The Bertz CT molecular complexity index is 771. The van der Waals surface area contributed by atoms with Crippen LogP contribution in [0.2, 0.25) is 0 Å². The van der Waals surface area contributed by atoms with Crippen LogP contribution in [0.1, 0.15) is 40.5 Å². The van der Waals surface area contributed by atoms with E-state index >= 15 is 0 Å². The first kappa shape index (κ1) is 29.4. The van der Waals surface area contributed by atoms with Crippen molar-refractivity contribution in [2.75, 3.05) is 6.67 Å². The standard InChI is InChI=1S/C19H29FN4O9/c1-8(2)16(24-18(32)12(6-15(29)30)22-10(4)25)19(33)21-9(3)17(31)23-11(5-14(27)28)13(26)7-20/h8-9,11-12,16H,5-7H2,1-4H3,(H,21,33)(H,22,25)(H,23,31)(H,24,32)(H,27,28)(H,29,30)/t9-,11-,12-,16-/m0/s1. The molecule has 0 saturated carbocycles. The van der Waals surface area contributed by atoms with Gasteiger partial charge in [0.2, 0.25) is 23.6 Å². The van der Waals surface area contributed by atoms with Crippen molar-refractivity contribution in [2.45, 2.75) is 64.7 Å². The molecule has 0 bridgehead atoms. The molecule has 0 aromatic heterocycles. The summed E-state index contributed by atoms with van der Waals surface area (Å²) in [5, 5.41) is 26.5. The minimum atomic E-state index is -1.63. The van der Waals surface area contributed by atoms with E-state index in [4.69, 9.17) is 10.2 Å². The fourth-order valence-electron chi connectivity index (χ4n) is 2.60. The first-order valence-electron chi connectivity index (χ1n) is 9.90. The summed E-state index contributed by atoms with van der Waals surface area (Å²) in [6.07, 6.45) is -1.59. The van der Waals surface area contributed by atoms with Crippen LogP contribution in [-0.4, -0.2) is 82.4 Å². The topological polar surface area (TPSA) is 208 Å². The van der Waals surface area contributed by atoms with Crippen LogP contribution in [0.25, 0.3) is 0 Å². The zero-order valence-corrected chi connectivity index (χ0v) is 18.6. The molecule has 0 rings (SSSR count). The summed E-state index contributed by atoms with van der Waals surface area (Å²) in [6.45, 7) is 3.92. The second kappa shape index (κ2) is 13.8. The highest BCUT2D eigenvalue weighted by Crippen LogP contribution is 2.05. The Labute approximate surface area is 188 Å². The van der Waals surface area contributed by atoms with Crippen molar-refractivity contribution in [3.05, 3.63) is 0 Å². The molecule has 6 N–H and O–H groups in total. The van der Waals surface area contributed by atoms with Gasteiger partial charge in [0.15, 0.2) is 5.78 Å². The molecule has 0 spiro atoms. The molecular formula is C19H29FN4O9. The van der Waals surface area contributed by atoms with Crippen LogP contribution in [0, 0.1) is 5.92 Å². The van der Waals surface area contributed by atoms with Gasteiger partial charge < -0.3 is 31.5 Å². The third kappa shape index (κ3) is 11.0. The molecule has 33 heavy (non-hydrogen) atoms. The Morgan fingerprint density at radius 3 is 1.67 bits per heavy atom. The Morgan fingerprint density at radius 2 is 1.24 bits per heavy atom. The van der Waals surface area contributed by atoms with Crippen molar-refractivity contribution >= 4 is 41.4 Å². The average Bonchev–Trinajstić information content (AvgIpc) is 2.68. The smallest absolute Gasteiger partial charge is 0.305 e. The molecule has 14 heteroatoms. The first-order valence-corrected chi connectivity index (χ1v) is 9.90. The van der Waals surface area contributed by atoms with Gasteiger partial charge in [0.05, 0.1) is 12.8 Å². The van der Waals surface area contributed by atoms with Crippen molar-refractivity contribution in [3.63, 3.8) is 0 Å². The molecule has 0 fully saturated rings. The average molecular weight is 476 g/mol. The van der Waals surface area contributed by atoms with E-state index in [0.29, 0.717) is 0 Å². The molecule has 0 radical (unpaired) electrons. The number of hydrogen-bond acceptors (Lipinski definition) is 7. The van der Waals surface area contributed by atoms with Gasteiger partial charge in [-0.1, -0.05) is 13.8 Å². The van der Waals surface area contributed by atoms with Gasteiger partial charge in [-0.3, -0.25) is 33.6 Å². The summed E-state index contributed by atoms with van der Waals surface area (Å²) in [5.41, 5.74) is 0. The largest absolute Gasteiger partial charge is 0.481 e. The summed E-state index contributed by atoms with van der Waals surface area (Å²) < 4.78 is 12.6. The van der Waals surface area contributed by atoms with Crippen LogP contribution in [0.5, 0.6) is 0 Å². The summed E-state index contributed by atoms with van der Waals surface area (Å²) in [6, 6.07) is -5.61. The fourth-order valence-corrected chi connectivity index (χ4v) is 2.60. The number of carbonyl (C=O) groups is 7. The third-order valence-corrected chi connectivity index (χ3v) is 4.29. The number of aliphatic carboxylic acids is 2. The molecule has 0 aromatic carbocycles. The van der Waals surface area contributed by atoms with Crippen LogP contribution >= 0.6 is 0 Å². The number of nitrogens with one attached hydrogen (secondary N) is 4. The highest BCUT2D eigenvalue weighted by molar-refractivity contribution is 5.97. The van der Waals surface area contributed by atoms with E-state index in [9.17, 15) is 38.0 Å². The number of amides is 4. The maximum atomic E-state index is 12.6. The number of carboxylic acid groups (broad SMARTS) is 2. The first-order chi connectivity index (χ1) is 15.2. The van der Waals surface area contributed by atoms with Gasteiger partial charge in [0.25, 0.3) is 0 Å². The van der Waals surface area contributed by atoms with E-state index in [0.717, 1.165) is 6.92 Å². The molecule has 0 aliphatic rings. The molecule has 0 unspecified atom stereocenters. The highest BCUT2D eigenvalue weighted by Gasteiger charge is 2.32. The zero-order chi connectivity index (χ0) is 25.9. The molecule has 0 aliphatic heterocycles. The lowest BCUT2D eigenvalue weighted by Gasteiger charge is -2.26. The molecule has 186 valence electrons. The SMILES string of the molecule is CC(=O)N[C@@H](CC(=O)O)C(=O)N[C@H](C(=O)N[C@@H](C)C(=O)N[C@@H](CC(=O)O)C(=O)CF)C(C)C. The maximum absolute atomic E-state index is 12.6. The van der Waals surface area contributed by atoms with E-state index in [2.05, 4.69) is 21.3 Å². The predicted octanol–water partition coefficient (Wildman–Crippen LogP) is -1.89. The van der Waals surface area contributed by atoms with E-state index < -0.39 is 91.0 Å². The number of hydrogen-bond donors (Lipinski definition) is 6. The number of Topliss-reactive ketones (excluding diaryl/α,β-unsaturated/α-hetero) is 1. The van der Waals surface area contributed by atoms with Crippen LogP contribution in [0.4, 0.5) is 4.39 Å². The number of alkyl halides is 1. The van der Waals surface area contributed by atoms with Crippen molar-refractivity contribution in [2.24, 2.45) is 5.92 Å². The Morgan fingerprint density at radius 1 is 0.727 bits per heavy atom. The summed E-state index contributed by atoms with van der Waals surface area (Å²) in [5.74, 6) is -7.90. The molecule has 13 nitrogen and oxygen atoms in total. The van der Waals surface area contributed by atoms with Crippen LogP contribution in [0.3, 0.4) is 0 Å². The van der Waals surface area contributed by atoms with Gasteiger partial charge in [-0.2, -0.15) is 0 Å². The number of ketones is 1. The van der Waals surface area contributed by atoms with E-state index in [1.165, 1.54) is 6.92 Å². The van der Waals surface area contributed by atoms with Crippen molar-refractivity contribution in [3.8, 4) is 0 Å². The minimum Gasteiger partial charge on any atom is -0.481 e. The minimum absolute atomic E-state index is 0.528. The zero-order valence-electron chi connectivity index (χ0n) is 18.6. The second-order valence-electron chi connectivity index (χ2n) is 7.57. The quantitative estimate of drug-likeness (QED) is 0.165. The summed E-state index contributed by atoms with van der Waals surface area (Å²) in [7, 11) is 0. The van der Waals surface area contributed by atoms with Gasteiger partial charge in [0, 0.05) is 6.92 Å². The van der Waals surface area contributed by atoms with Crippen molar-refractivity contribution < 1.29 is 48.2 Å². The highest BCUT2D eigenvalue weighted by atomic mass is 19.1. The van der Waals surface area contributed by atoms with Gasteiger partial charge in [-0.15, -0.1) is 0 Å². The van der Waals surface area contributed by atoms with Gasteiger partial charge in [0.1, 0.15) is 30.8 Å². The molecule has 4 amide bonds. The van der Waals surface area contributed by atoms with Crippen LogP contribution in [0.15, 0.2) is 0 Å². The van der Waals surface area contributed by atoms with Gasteiger partial charge in [-0.25, -0.2) is 4.39 Å². The monoisotopic (exact) mass is 476 g/mol. The molecular weight excluding hydrogens is 447 g/mol. The molecule has 0 saturated heterocycles. The summed E-state index contributed by atoms with van der Waals surface area (Å²) >= 11 is 0. The lowest BCUT2D eigenvalue weighted by Crippen LogP contribution is -2.58. The fraction of sp³-hybridized carbons (Fsp3) is 0.632. The van der Waals surface area contributed by atoms with E-state index in [-0.39, 0.29) is 0 Å². The lowest BCUT2D eigenvalue weighted by atomic mass is 10.0. The Balaban J connectivity index is 5.30. The second-order valence-corrected chi connectivity index (χ2v) is 7.57. The van der Waals surface area contributed by atoms with E-state index in [1.54, 1.807) is 13.8 Å². The number of rotatable bonds is 14. The van der Waals surface area contributed by atoms with Crippen molar-refractivity contribution in [1.82, 2.24) is 21.3 Å². The number of halogens is 1. The Hall–Kier alpha value is -3.58. The molecule has 0 heterocycles. The van der Waals surface area contributed by atoms with Crippen molar-refractivity contribution in [1.29, 1.82) is 0 Å². The number of carboxylic acids is 2. The molecule has 0 aliphatic carbocycles. The van der Waals surface area contributed by atoms with Crippen LogP contribution in [-0.2, 0) is 33.6 Å². The van der Waals surface area contributed by atoms with Crippen LogP contribution < -0.4 is 21.3 Å². The molecule has 0 aromatic rings. The normalized spacial score (nSPS) is 14.2.